The van der Waals surface area contributed by atoms with Crippen LogP contribution in [0.2, 0.25) is 0 Å². The molecule has 0 spiro atoms. The summed E-state index contributed by atoms with van der Waals surface area (Å²) in [7, 11) is 0. The van der Waals surface area contributed by atoms with E-state index in [1.165, 1.54) is 18.7 Å². The lowest BCUT2D eigenvalue weighted by molar-refractivity contribution is -0.245. The number of aromatic nitrogens is 4. The fourth-order valence-electron chi connectivity index (χ4n) is 5.14. The van der Waals surface area contributed by atoms with Gasteiger partial charge in [-0.15, -0.1) is 5.10 Å². The van der Waals surface area contributed by atoms with Crippen LogP contribution in [0.15, 0.2) is 102 Å². The highest BCUT2D eigenvalue weighted by atomic mass is 32.2. The molecular formula is C34H33N5O5S. The standard InChI is InChI=1S/C34H33N5O5S/c1-22(41)35-19-24-3-2-4-28(17-24)25-9-11-27(12-10-25)33-43-31(18-32(44-33)26-7-5-23(20-40)6-8-26)21-45-34-36-37-38-39(34)29-13-15-30(42)16-14-29/h2-17,31-33,40,42H,18-21H2,1H3,(H,35,41)/t31-,32+,33+/m1/s1. The highest BCUT2D eigenvalue weighted by molar-refractivity contribution is 7.99. The predicted molar refractivity (Wildman–Crippen MR) is 169 cm³/mol. The average molecular weight is 624 g/mol. The lowest BCUT2D eigenvalue weighted by Gasteiger charge is -2.36. The van der Waals surface area contributed by atoms with Crippen LogP contribution in [0.4, 0.5) is 0 Å². The molecule has 1 aliphatic rings. The Balaban J connectivity index is 1.20. The van der Waals surface area contributed by atoms with Crippen LogP contribution < -0.4 is 5.32 Å². The number of nitrogens with one attached hydrogen (secondary N) is 1. The van der Waals surface area contributed by atoms with Crippen molar-refractivity contribution in [3.63, 3.8) is 0 Å². The highest BCUT2D eigenvalue weighted by Crippen LogP contribution is 2.40. The SMILES string of the molecule is CC(=O)NCc1cccc(-c2ccc([C@H]3O[C@@H](CSc4nnnn4-c4ccc(O)cc4)C[C@@H](c4ccc(CO)cc4)O3)cc2)c1. The van der Waals surface area contributed by atoms with Crippen LogP contribution >= 0.6 is 11.8 Å². The molecule has 1 fully saturated rings. The molecule has 3 N–H and O–H groups in total. The molecular weight excluding hydrogens is 590 g/mol. The van der Waals surface area contributed by atoms with Gasteiger partial charge in [-0.2, -0.15) is 4.68 Å². The summed E-state index contributed by atoms with van der Waals surface area (Å²) < 4.78 is 14.7. The second-order valence-corrected chi connectivity index (χ2v) is 11.8. The first-order valence-corrected chi connectivity index (χ1v) is 15.6. The third kappa shape index (κ3) is 7.58. The van der Waals surface area contributed by atoms with Gasteiger partial charge in [-0.05, 0) is 68.6 Å². The maximum Gasteiger partial charge on any atom is 0.217 e. The number of tetrazole rings is 1. The number of thioether (sulfide) groups is 1. The number of hydrogen-bond acceptors (Lipinski definition) is 9. The Morgan fingerprint density at radius 3 is 2.42 bits per heavy atom. The van der Waals surface area contributed by atoms with E-state index in [0.717, 1.165) is 39.1 Å². The summed E-state index contributed by atoms with van der Waals surface area (Å²) >= 11 is 1.49. The van der Waals surface area contributed by atoms with E-state index in [9.17, 15) is 15.0 Å². The number of rotatable bonds is 10. The van der Waals surface area contributed by atoms with Gasteiger partial charge >= 0.3 is 0 Å². The van der Waals surface area contributed by atoms with E-state index in [0.29, 0.717) is 23.9 Å². The molecule has 1 amide bonds. The smallest absolute Gasteiger partial charge is 0.217 e. The van der Waals surface area contributed by atoms with E-state index in [1.807, 2.05) is 54.6 Å². The molecule has 2 heterocycles. The molecule has 11 heteroatoms. The fourth-order valence-corrected chi connectivity index (χ4v) is 6.04. The third-order valence-corrected chi connectivity index (χ3v) is 8.58. The monoisotopic (exact) mass is 623 g/mol. The third-order valence-electron chi connectivity index (χ3n) is 7.53. The van der Waals surface area contributed by atoms with Crippen molar-refractivity contribution in [3.05, 3.63) is 119 Å². The van der Waals surface area contributed by atoms with Crippen LogP contribution in [0.5, 0.6) is 5.75 Å². The number of hydrogen-bond donors (Lipinski definition) is 3. The first-order chi connectivity index (χ1) is 21.9. The molecule has 1 aliphatic heterocycles. The van der Waals surface area contributed by atoms with Gasteiger partial charge in [-0.1, -0.05) is 78.5 Å². The maximum atomic E-state index is 11.3. The zero-order valence-corrected chi connectivity index (χ0v) is 25.4. The number of benzene rings is 4. The number of amides is 1. The Hall–Kier alpha value is -4.55. The van der Waals surface area contributed by atoms with E-state index in [4.69, 9.17) is 9.47 Å². The van der Waals surface area contributed by atoms with Gasteiger partial charge < -0.3 is 25.0 Å². The van der Waals surface area contributed by atoms with Crippen LogP contribution in [0.25, 0.3) is 16.8 Å². The van der Waals surface area contributed by atoms with Gasteiger partial charge in [0.05, 0.1) is 24.5 Å². The van der Waals surface area contributed by atoms with Crippen LogP contribution in [0, 0.1) is 0 Å². The first kappa shape index (κ1) is 30.5. The number of aromatic hydroxyl groups is 1. The summed E-state index contributed by atoms with van der Waals surface area (Å²) in [6, 6.07) is 30.7. The molecule has 1 aromatic heterocycles. The summed E-state index contributed by atoms with van der Waals surface area (Å²) in [5, 5.41) is 34.8. The molecule has 0 saturated carbocycles. The maximum absolute atomic E-state index is 11.3. The Kier molecular flexibility index (Phi) is 9.51. The van der Waals surface area contributed by atoms with Crippen molar-refractivity contribution in [1.29, 1.82) is 0 Å². The summed E-state index contributed by atoms with van der Waals surface area (Å²) in [5.41, 5.74) is 6.62. The minimum absolute atomic E-state index is 0.0188. The normalized spacial score (nSPS) is 18.0. The zero-order chi connectivity index (χ0) is 31.2. The summed E-state index contributed by atoms with van der Waals surface area (Å²) in [6.07, 6.45) is -0.367. The van der Waals surface area contributed by atoms with Crippen molar-refractivity contribution in [2.75, 3.05) is 5.75 Å². The fraction of sp³-hybridized carbons (Fsp3) is 0.235. The number of ether oxygens (including phenoxy) is 2. The van der Waals surface area contributed by atoms with E-state index < -0.39 is 6.29 Å². The highest BCUT2D eigenvalue weighted by Gasteiger charge is 2.32. The Morgan fingerprint density at radius 2 is 1.69 bits per heavy atom. The van der Waals surface area contributed by atoms with Crippen molar-refractivity contribution in [1.82, 2.24) is 25.5 Å². The molecule has 3 atom stereocenters. The molecule has 0 radical (unpaired) electrons. The number of carbonyl (C=O) groups excluding carboxylic acids is 1. The predicted octanol–water partition coefficient (Wildman–Crippen LogP) is 5.50. The molecule has 45 heavy (non-hydrogen) atoms. The molecule has 0 unspecified atom stereocenters. The van der Waals surface area contributed by atoms with Crippen molar-refractivity contribution in [2.45, 2.75) is 50.2 Å². The van der Waals surface area contributed by atoms with Gasteiger partial charge in [0.2, 0.25) is 11.1 Å². The number of phenolic OH excluding ortho intramolecular Hbond substituents is 1. The summed E-state index contributed by atoms with van der Waals surface area (Å²) in [4.78, 5) is 11.3. The largest absolute Gasteiger partial charge is 0.508 e. The molecule has 1 saturated heterocycles. The van der Waals surface area contributed by atoms with Gasteiger partial charge in [0.15, 0.2) is 6.29 Å². The molecule has 10 nitrogen and oxygen atoms in total. The molecule has 6 rings (SSSR count). The van der Waals surface area contributed by atoms with Crippen molar-refractivity contribution in [3.8, 4) is 22.6 Å². The number of phenols is 1. The van der Waals surface area contributed by atoms with Crippen molar-refractivity contribution >= 4 is 17.7 Å². The van der Waals surface area contributed by atoms with Crippen molar-refractivity contribution < 1.29 is 24.5 Å². The lowest BCUT2D eigenvalue weighted by Crippen LogP contribution is -2.31. The van der Waals surface area contributed by atoms with Crippen molar-refractivity contribution in [2.24, 2.45) is 0 Å². The van der Waals surface area contributed by atoms with E-state index >= 15 is 0 Å². The molecule has 0 aliphatic carbocycles. The summed E-state index contributed by atoms with van der Waals surface area (Å²) in [6.45, 7) is 1.97. The molecule has 230 valence electrons. The topological polar surface area (TPSA) is 132 Å². The first-order valence-electron chi connectivity index (χ1n) is 14.6. The second kappa shape index (κ2) is 14.0. The number of carbonyl (C=O) groups is 1. The minimum atomic E-state index is -0.597. The number of aliphatic hydroxyl groups excluding tert-OH is 1. The quantitative estimate of drug-likeness (QED) is 0.173. The van der Waals surface area contributed by atoms with Crippen LogP contribution in [0.3, 0.4) is 0 Å². The van der Waals surface area contributed by atoms with E-state index in [2.05, 4.69) is 39.0 Å². The van der Waals surface area contributed by atoms with Gasteiger partial charge in [0.25, 0.3) is 0 Å². The van der Waals surface area contributed by atoms with Crippen LogP contribution in [-0.2, 0) is 27.4 Å². The molecule has 0 bridgehead atoms. The van der Waals surface area contributed by atoms with Crippen LogP contribution in [-0.4, -0.2) is 48.2 Å². The van der Waals surface area contributed by atoms with Gasteiger partial charge in [0.1, 0.15) is 5.75 Å². The zero-order valence-electron chi connectivity index (χ0n) is 24.6. The number of aliphatic hydroxyl groups is 1. The molecule has 4 aromatic carbocycles. The average Bonchev–Trinajstić information content (AvgIpc) is 3.55. The Bertz CT molecular complexity index is 1730. The van der Waals surface area contributed by atoms with Gasteiger partial charge in [-0.25, -0.2) is 0 Å². The Morgan fingerprint density at radius 1 is 0.933 bits per heavy atom. The minimum Gasteiger partial charge on any atom is -0.508 e. The lowest BCUT2D eigenvalue weighted by atomic mass is 9.99. The van der Waals surface area contributed by atoms with Gasteiger partial charge in [0, 0.05) is 31.2 Å². The summed E-state index contributed by atoms with van der Waals surface area (Å²) in [5.74, 6) is 0.694. The van der Waals surface area contributed by atoms with E-state index in [1.54, 1.807) is 28.9 Å². The van der Waals surface area contributed by atoms with Crippen LogP contribution in [0.1, 0.15) is 48.0 Å². The molecule has 5 aromatic rings. The van der Waals surface area contributed by atoms with E-state index in [-0.39, 0.29) is 30.5 Å². The second-order valence-electron chi connectivity index (χ2n) is 10.8. The van der Waals surface area contributed by atoms with Gasteiger partial charge in [-0.3, -0.25) is 4.79 Å². The Labute approximate surface area is 265 Å². The number of nitrogens with zero attached hydrogens (tertiary/aromatic N) is 4.